The van der Waals surface area contributed by atoms with Gasteiger partial charge in [0.2, 0.25) is 0 Å². The summed E-state index contributed by atoms with van der Waals surface area (Å²) in [5, 5.41) is 0. The number of rotatable bonds is 3. The fraction of sp³-hybridized carbons (Fsp3) is 0.174. The van der Waals surface area contributed by atoms with Crippen LogP contribution in [0, 0.1) is 18.8 Å². The molecule has 2 nitrogen and oxygen atoms in total. The van der Waals surface area contributed by atoms with Crippen molar-refractivity contribution in [1.29, 1.82) is 0 Å². The topological polar surface area (TPSA) is 15.6 Å². The molecule has 1 unspecified atom stereocenters. The molecule has 0 spiro atoms. The third kappa shape index (κ3) is 3.27. The first-order chi connectivity index (χ1) is 12.3. The van der Waals surface area contributed by atoms with E-state index in [4.69, 9.17) is 4.99 Å². The first-order valence-electron chi connectivity index (χ1n) is 8.65. The normalized spacial score (nSPS) is 20.4. The second-order valence-electron chi connectivity index (χ2n) is 6.36. The molecule has 1 aliphatic heterocycles. The molecule has 0 N–H and O–H groups in total. The largest absolute Gasteiger partial charge is 0.322 e. The lowest BCUT2D eigenvalue weighted by Crippen LogP contribution is -2.53. The summed E-state index contributed by atoms with van der Waals surface area (Å²) in [5.41, 5.74) is 4.71. The van der Waals surface area contributed by atoms with E-state index in [1.165, 1.54) is 16.8 Å². The Morgan fingerprint density at radius 1 is 1.04 bits per heavy atom. The fourth-order valence-electron chi connectivity index (χ4n) is 3.18. The van der Waals surface area contributed by atoms with Crippen LogP contribution in [0.2, 0.25) is 0 Å². The first-order valence-corrected chi connectivity index (χ1v) is 8.65. The van der Waals surface area contributed by atoms with Crippen molar-refractivity contribution in [2.75, 3.05) is 4.90 Å². The Morgan fingerprint density at radius 2 is 1.84 bits per heavy atom. The van der Waals surface area contributed by atoms with Crippen LogP contribution in [-0.4, -0.2) is 11.9 Å². The number of aryl methyl sites for hydroxylation is 1. The highest BCUT2D eigenvalue weighted by atomic mass is 15.3. The number of hydrogen-bond donors (Lipinski definition) is 0. The highest BCUT2D eigenvalue weighted by Crippen LogP contribution is 2.35. The highest BCUT2D eigenvalue weighted by Gasteiger charge is 2.37. The molecule has 4 rings (SSSR count). The summed E-state index contributed by atoms with van der Waals surface area (Å²) in [6.07, 6.45) is 8.14. The van der Waals surface area contributed by atoms with E-state index in [0.717, 1.165) is 24.4 Å². The zero-order valence-electron chi connectivity index (χ0n) is 14.3. The lowest BCUT2D eigenvalue weighted by molar-refractivity contribution is 0.706. The second-order valence-corrected chi connectivity index (χ2v) is 6.36. The predicted octanol–water partition coefficient (Wildman–Crippen LogP) is 5.19. The Balaban J connectivity index is 1.70. The van der Waals surface area contributed by atoms with Crippen molar-refractivity contribution in [3.63, 3.8) is 0 Å². The number of anilines is 1. The summed E-state index contributed by atoms with van der Waals surface area (Å²) < 4.78 is 0. The zero-order valence-corrected chi connectivity index (χ0v) is 14.3. The molecule has 1 fully saturated rings. The van der Waals surface area contributed by atoms with E-state index in [0.29, 0.717) is 6.04 Å². The van der Waals surface area contributed by atoms with Gasteiger partial charge in [0.25, 0.3) is 0 Å². The van der Waals surface area contributed by atoms with Gasteiger partial charge in [-0.3, -0.25) is 0 Å². The van der Waals surface area contributed by atoms with Crippen LogP contribution in [-0.2, 0) is 0 Å². The molecule has 0 bridgehead atoms. The van der Waals surface area contributed by atoms with Crippen molar-refractivity contribution >= 4 is 17.2 Å². The molecule has 2 aliphatic rings. The molecule has 0 saturated carbocycles. The molecule has 0 aromatic heterocycles. The Labute approximate surface area is 149 Å². The van der Waals surface area contributed by atoms with Gasteiger partial charge < -0.3 is 4.90 Å². The van der Waals surface area contributed by atoms with Crippen molar-refractivity contribution < 1.29 is 0 Å². The lowest BCUT2D eigenvalue weighted by atomic mass is 9.91. The maximum atomic E-state index is 4.87. The monoisotopic (exact) mass is 324 g/mol. The smallest absolute Gasteiger partial charge is 0.112 e. The van der Waals surface area contributed by atoms with E-state index < -0.39 is 0 Å². The minimum Gasteiger partial charge on any atom is -0.322 e. The third-order valence-corrected chi connectivity index (χ3v) is 4.55. The van der Waals surface area contributed by atoms with Gasteiger partial charge in [0, 0.05) is 18.5 Å². The standard InChI is InChI=1S/C23H20N2/c1-18-13-15-21(16-14-18)25-22(19-9-5-2-3-6-10-19)17-23(25)24-20-11-7-4-8-12-20/h4-5,7-16,22H,2,17H2,1H3. The van der Waals surface area contributed by atoms with Crippen LogP contribution < -0.4 is 4.90 Å². The number of allylic oxidation sites excluding steroid dienone is 2. The van der Waals surface area contributed by atoms with Crippen molar-refractivity contribution in [3.05, 3.63) is 84.0 Å². The molecule has 0 radical (unpaired) electrons. The van der Waals surface area contributed by atoms with Crippen LogP contribution in [0.25, 0.3) is 0 Å². The van der Waals surface area contributed by atoms with E-state index in [9.17, 15) is 0 Å². The Morgan fingerprint density at radius 3 is 2.64 bits per heavy atom. The van der Waals surface area contributed by atoms with Gasteiger partial charge >= 0.3 is 0 Å². The number of benzene rings is 2. The maximum Gasteiger partial charge on any atom is 0.112 e. The van der Waals surface area contributed by atoms with Gasteiger partial charge in [-0.25, -0.2) is 4.99 Å². The summed E-state index contributed by atoms with van der Waals surface area (Å²) in [7, 11) is 0. The van der Waals surface area contributed by atoms with Crippen LogP contribution in [0.3, 0.4) is 0 Å². The SMILES string of the molecule is Cc1ccc(N2C(=Nc3ccccc3)CC2C2=CC#CCC=C2)cc1. The minimum absolute atomic E-state index is 0.300. The number of amidine groups is 1. The van der Waals surface area contributed by atoms with Crippen LogP contribution in [0.5, 0.6) is 0 Å². The van der Waals surface area contributed by atoms with E-state index in [1.54, 1.807) is 0 Å². The van der Waals surface area contributed by atoms with Gasteiger partial charge in [0.15, 0.2) is 0 Å². The number of hydrogen-bond acceptors (Lipinski definition) is 1. The van der Waals surface area contributed by atoms with Crippen molar-refractivity contribution in [1.82, 2.24) is 0 Å². The van der Waals surface area contributed by atoms with Gasteiger partial charge in [-0.1, -0.05) is 59.9 Å². The molecule has 2 aromatic carbocycles. The summed E-state index contributed by atoms with van der Waals surface area (Å²) in [4.78, 5) is 7.20. The van der Waals surface area contributed by atoms with Crippen LogP contribution in [0.4, 0.5) is 11.4 Å². The van der Waals surface area contributed by atoms with E-state index >= 15 is 0 Å². The summed E-state index contributed by atoms with van der Waals surface area (Å²) in [6.45, 7) is 2.11. The summed E-state index contributed by atoms with van der Waals surface area (Å²) >= 11 is 0. The van der Waals surface area contributed by atoms with E-state index in [1.807, 2.05) is 30.3 Å². The third-order valence-electron chi connectivity index (χ3n) is 4.55. The van der Waals surface area contributed by atoms with Crippen molar-refractivity contribution in [3.8, 4) is 11.8 Å². The van der Waals surface area contributed by atoms with Crippen LogP contribution in [0.15, 0.2) is 83.4 Å². The van der Waals surface area contributed by atoms with E-state index in [2.05, 4.69) is 66.2 Å². The van der Waals surface area contributed by atoms with E-state index in [-0.39, 0.29) is 0 Å². The quantitative estimate of drug-likeness (QED) is 0.709. The summed E-state index contributed by atoms with van der Waals surface area (Å²) in [6, 6.07) is 19.1. The lowest BCUT2D eigenvalue weighted by Gasteiger charge is -2.44. The molecule has 2 aromatic rings. The molecule has 1 saturated heterocycles. The first kappa shape index (κ1) is 15.5. The predicted molar refractivity (Wildman–Crippen MR) is 105 cm³/mol. The van der Waals surface area contributed by atoms with Gasteiger partial charge in [-0.15, -0.1) is 0 Å². The number of nitrogens with zero attached hydrogens (tertiary/aromatic N) is 2. The molecule has 2 heteroatoms. The van der Waals surface area contributed by atoms with Crippen LogP contribution >= 0.6 is 0 Å². The van der Waals surface area contributed by atoms with Crippen molar-refractivity contribution in [2.45, 2.75) is 25.8 Å². The summed E-state index contributed by atoms with van der Waals surface area (Å²) in [5.74, 6) is 7.39. The molecule has 1 atom stereocenters. The zero-order chi connectivity index (χ0) is 17.1. The number of para-hydroxylation sites is 1. The number of aliphatic imine (C=N–C) groups is 1. The van der Waals surface area contributed by atoms with Crippen LogP contribution in [0.1, 0.15) is 18.4 Å². The Bertz CT molecular complexity index is 906. The molecule has 122 valence electrons. The Kier molecular flexibility index (Phi) is 4.23. The molecular formula is C23H20N2. The molecule has 0 amide bonds. The Hall–Kier alpha value is -3.05. The second kappa shape index (κ2) is 6.83. The fourth-order valence-corrected chi connectivity index (χ4v) is 3.18. The maximum absolute atomic E-state index is 4.87. The molecular weight excluding hydrogens is 304 g/mol. The minimum atomic E-state index is 0.300. The van der Waals surface area contributed by atoms with Gasteiger partial charge in [0.1, 0.15) is 5.84 Å². The average Bonchev–Trinajstić information content (AvgIpc) is 2.90. The molecule has 1 aliphatic carbocycles. The average molecular weight is 324 g/mol. The molecule has 25 heavy (non-hydrogen) atoms. The van der Waals surface area contributed by atoms with Gasteiger partial charge in [-0.2, -0.15) is 0 Å². The highest BCUT2D eigenvalue weighted by molar-refractivity contribution is 6.07. The molecule has 1 heterocycles. The van der Waals surface area contributed by atoms with Gasteiger partial charge in [0.05, 0.1) is 11.7 Å². The van der Waals surface area contributed by atoms with Gasteiger partial charge in [-0.05, 0) is 42.8 Å². The van der Waals surface area contributed by atoms with Crippen molar-refractivity contribution in [2.24, 2.45) is 4.99 Å².